The van der Waals surface area contributed by atoms with Crippen molar-refractivity contribution in [2.24, 2.45) is 5.92 Å². The number of esters is 2. The van der Waals surface area contributed by atoms with Crippen LogP contribution in [0.2, 0.25) is 0 Å². The maximum Gasteiger partial charge on any atom is 0.339 e. The van der Waals surface area contributed by atoms with Gasteiger partial charge in [0, 0.05) is 18.7 Å². The maximum atomic E-state index is 13.1. The first-order valence-corrected chi connectivity index (χ1v) is 12.6. The number of hydrogen-bond donors (Lipinski definition) is 0. The Balaban J connectivity index is 1.61. The molecule has 2 aromatic carbocycles. The van der Waals surface area contributed by atoms with Crippen LogP contribution in [0, 0.1) is 5.92 Å². The van der Waals surface area contributed by atoms with Gasteiger partial charge in [0.1, 0.15) is 0 Å². The number of rotatable bonds is 8. The Bertz CT molecular complexity index is 1150. The number of Topliss-reactive ketones (excluding diaryl/α,β-unsaturated/α-hetero) is 1. The predicted molar refractivity (Wildman–Crippen MR) is 125 cm³/mol. The Hall–Kier alpha value is -3.04. The first kappa shape index (κ1) is 25.6. The van der Waals surface area contributed by atoms with Crippen LogP contribution < -0.4 is 0 Å². The highest BCUT2D eigenvalue weighted by Crippen LogP contribution is 2.27. The van der Waals surface area contributed by atoms with E-state index in [2.05, 4.69) is 0 Å². The van der Waals surface area contributed by atoms with Crippen LogP contribution in [0.25, 0.3) is 0 Å². The van der Waals surface area contributed by atoms with Gasteiger partial charge in [-0.25, -0.2) is 13.2 Å². The molecule has 8 nitrogen and oxygen atoms in total. The second-order valence-corrected chi connectivity index (χ2v) is 10.1. The number of ketones is 1. The number of carbonyl (C=O) groups excluding carboxylic acids is 3. The van der Waals surface area contributed by atoms with Gasteiger partial charge in [0.05, 0.1) is 23.5 Å². The third-order valence-corrected chi connectivity index (χ3v) is 7.96. The van der Waals surface area contributed by atoms with Crippen LogP contribution in [0.5, 0.6) is 0 Å². The van der Waals surface area contributed by atoms with Gasteiger partial charge >= 0.3 is 11.9 Å². The normalized spacial score (nSPS) is 16.0. The molecule has 1 aliphatic rings. The number of methoxy groups -OCH3 is 1. The number of ether oxygens (including phenoxy) is 2. The molecule has 182 valence electrons. The molecule has 2 aromatic rings. The Morgan fingerprint density at radius 2 is 1.65 bits per heavy atom. The van der Waals surface area contributed by atoms with Crippen LogP contribution in [0.15, 0.2) is 53.4 Å². The van der Waals surface area contributed by atoms with E-state index in [0.717, 1.165) is 12.0 Å². The fraction of sp³-hybridized carbons (Fsp3) is 0.400. The standard InChI is InChI=1S/C25H29NO7S/c1-4-18-9-11-19(12-10-18)23(27)17(2)33-24(28)20-13-15-26(16-14-20)34(30,31)22-8-6-5-7-21(22)25(29)32-3/h5-12,17,20H,4,13-16H2,1-3H3. The van der Waals surface area contributed by atoms with Crippen molar-refractivity contribution in [1.82, 2.24) is 4.31 Å². The van der Waals surface area contributed by atoms with E-state index in [1.807, 2.05) is 19.1 Å². The molecule has 9 heteroatoms. The van der Waals surface area contributed by atoms with Crippen LogP contribution in [-0.4, -0.2) is 56.7 Å². The molecule has 0 spiro atoms. The molecule has 0 aromatic heterocycles. The molecule has 0 radical (unpaired) electrons. The molecular formula is C25H29NO7S. The zero-order valence-electron chi connectivity index (χ0n) is 19.5. The van der Waals surface area contributed by atoms with Gasteiger partial charge < -0.3 is 9.47 Å². The minimum atomic E-state index is -3.95. The Morgan fingerprint density at radius 1 is 1.03 bits per heavy atom. The lowest BCUT2D eigenvalue weighted by atomic mass is 9.98. The molecular weight excluding hydrogens is 458 g/mol. The second kappa shape index (κ2) is 10.9. The Kier molecular flexibility index (Phi) is 8.22. The van der Waals surface area contributed by atoms with Gasteiger partial charge in [-0.15, -0.1) is 0 Å². The molecule has 1 aliphatic heterocycles. The van der Waals surface area contributed by atoms with Gasteiger partial charge in [0.25, 0.3) is 0 Å². The summed E-state index contributed by atoms with van der Waals surface area (Å²) < 4.78 is 37.6. The van der Waals surface area contributed by atoms with Crippen molar-refractivity contribution in [3.05, 3.63) is 65.2 Å². The van der Waals surface area contributed by atoms with E-state index in [4.69, 9.17) is 9.47 Å². The third-order valence-electron chi connectivity index (χ3n) is 6.01. The molecule has 1 saturated heterocycles. The number of benzene rings is 2. The molecule has 0 saturated carbocycles. The maximum absolute atomic E-state index is 13.1. The van der Waals surface area contributed by atoms with Crippen molar-refractivity contribution in [2.75, 3.05) is 20.2 Å². The van der Waals surface area contributed by atoms with Crippen LogP contribution in [0.4, 0.5) is 0 Å². The van der Waals surface area contributed by atoms with E-state index in [1.165, 1.54) is 36.5 Å². The van der Waals surface area contributed by atoms with E-state index in [9.17, 15) is 22.8 Å². The van der Waals surface area contributed by atoms with E-state index >= 15 is 0 Å². The number of nitrogens with zero attached hydrogens (tertiary/aromatic N) is 1. The van der Waals surface area contributed by atoms with E-state index < -0.39 is 34.0 Å². The van der Waals surface area contributed by atoms with Crippen LogP contribution in [0.1, 0.15) is 53.0 Å². The second-order valence-electron chi connectivity index (χ2n) is 8.16. The summed E-state index contributed by atoms with van der Waals surface area (Å²) in [5.41, 5.74) is 1.55. The van der Waals surface area contributed by atoms with Gasteiger partial charge in [-0.3, -0.25) is 9.59 Å². The minimum Gasteiger partial charge on any atom is -0.465 e. The van der Waals surface area contributed by atoms with Crippen molar-refractivity contribution in [2.45, 2.75) is 44.1 Å². The summed E-state index contributed by atoms with van der Waals surface area (Å²) in [6, 6.07) is 13.1. The SMILES string of the molecule is CCc1ccc(C(=O)C(C)OC(=O)C2CCN(S(=O)(=O)c3ccccc3C(=O)OC)CC2)cc1. The average Bonchev–Trinajstić information content (AvgIpc) is 2.87. The molecule has 3 rings (SSSR count). The number of piperidine rings is 1. The predicted octanol–water partition coefficient (Wildman–Crippen LogP) is 3.25. The van der Waals surface area contributed by atoms with Gasteiger partial charge in [0.2, 0.25) is 15.8 Å². The number of aryl methyl sites for hydroxylation is 1. The van der Waals surface area contributed by atoms with Gasteiger partial charge in [0.15, 0.2) is 6.10 Å². The summed E-state index contributed by atoms with van der Waals surface area (Å²) in [4.78, 5) is 37.1. The highest BCUT2D eigenvalue weighted by Gasteiger charge is 2.35. The third kappa shape index (κ3) is 5.53. The lowest BCUT2D eigenvalue weighted by molar-refractivity contribution is -0.152. The molecule has 34 heavy (non-hydrogen) atoms. The summed E-state index contributed by atoms with van der Waals surface area (Å²) in [5.74, 6) is -2.05. The summed E-state index contributed by atoms with van der Waals surface area (Å²) in [6.07, 6.45) is 0.435. The molecule has 1 atom stereocenters. The Morgan fingerprint density at radius 3 is 2.24 bits per heavy atom. The van der Waals surface area contributed by atoms with Crippen molar-refractivity contribution < 1.29 is 32.3 Å². The first-order chi connectivity index (χ1) is 16.2. The minimum absolute atomic E-state index is 0.0363. The van der Waals surface area contributed by atoms with E-state index in [1.54, 1.807) is 18.2 Å². The smallest absolute Gasteiger partial charge is 0.339 e. The van der Waals surface area contributed by atoms with Crippen molar-refractivity contribution in [3.63, 3.8) is 0 Å². The zero-order valence-corrected chi connectivity index (χ0v) is 20.3. The highest BCUT2D eigenvalue weighted by atomic mass is 32.2. The lowest BCUT2D eigenvalue weighted by Gasteiger charge is -2.31. The molecule has 1 fully saturated rings. The summed E-state index contributed by atoms with van der Waals surface area (Å²) in [6.45, 7) is 3.75. The van der Waals surface area contributed by atoms with Gasteiger partial charge in [-0.1, -0.05) is 43.3 Å². The summed E-state index contributed by atoms with van der Waals surface area (Å²) >= 11 is 0. The number of carbonyl (C=O) groups is 3. The van der Waals surface area contributed by atoms with Crippen molar-refractivity contribution in [3.8, 4) is 0 Å². The van der Waals surface area contributed by atoms with Crippen molar-refractivity contribution >= 4 is 27.7 Å². The first-order valence-electron chi connectivity index (χ1n) is 11.2. The molecule has 0 bridgehead atoms. The molecule has 0 aliphatic carbocycles. The fourth-order valence-electron chi connectivity index (χ4n) is 3.90. The molecule has 0 amide bonds. The van der Waals surface area contributed by atoms with Crippen LogP contribution in [0.3, 0.4) is 0 Å². The average molecular weight is 488 g/mol. The Labute approximate surface area is 199 Å². The highest BCUT2D eigenvalue weighted by molar-refractivity contribution is 7.89. The van der Waals surface area contributed by atoms with Crippen LogP contribution in [-0.2, 0) is 30.7 Å². The van der Waals surface area contributed by atoms with Gasteiger partial charge in [-0.2, -0.15) is 4.31 Å². The van der Waals surface area contributed by atoms with Crippen molar-refractivity contribution in [1.29, 1.82) is 0 Å². The lowest BCUT2D eigenvalue weighted by Crippen LogP contribution is -2.41. The topological polar surface area (TPSA) is 107 Å². The quantitative estimate of drug-likeness (QED) is 0.415. The number of sulfonamides is 1. The zero-order chi connectivity index (χ0) is 24.9. The van der Waals surface area contributed by atoms with Crippen LogP contribution >= 0.6 is 0 Å². The van der Waals surface area contributed by atoms with Gasteiger partial charge in [-0.05, 0) is 43.9 Å². The molecule has 1 unspecified atom stereocenters. The van der Waals surface area contributed by atoms with E-state index in [-0.39, 0.29) is 42.2 Å². The molecule has 0 N–H and O–H groups in total. The fourth-order valence-corrected chi connectivity index (χ4v) is 5.55. The largest absolute Gasteiger partial charge is 0.465 e. The monoisotopic (exact) mass is 487 g/mol. The van der Waals surface area contributed by atoms with E-state index in [0.29, 0.717) is 5.56 Å². The number of hydrogen-bond acceptors (Lipinski definition) is 7. The summed E-state index contributed by atoms with van der Waals surface area (Å²) in [5, 5.41) is 0. The summed E-state index contributed by atoms with van der Waals surface area (Å²) in [7, 11) is -2.76. The molecule has 1 heterocycles.